The molecule has 0 heterocycles. The van der Waals surface area contributed by atoms with Crippen LogP contribution in [0.4, 0.5) is 0 Å². The number of nitrogens with zero attached hydrogens (tertiary/aromatic N) is 1. The Labute approximate surface area is 166 Å². The van der Waals surface area contributed by atoms with Gasteiger partial charge >= 0.3 is 0 Å². The van der Waals surface area contributed by atoms with Gasteiger partial charge < -0.3 is 5.32 Å². The van der Waals surface area contributed by atoms with Gasteiger partial charge in [0.15, 0.2) is 0 Å². The van der Waals surface area contributed by atoms with Crippen LogP contribution in [-0.2, 0) is 14.8 Å². The summed E-state index contributed by atoms with van der Waals surface area (Å²) in [6, 6.07) is 11.8. The summed E-state index contributed by atoms with van der Waals surface area (Å²) in [5, 5.41) is 3.39. The Morgan fingerprint density at radius 1 is 1.15 bits per heavy atom. The van der Waals surface area contributed by atoms with Crippen molar-refractivity contribution in [2.45, 2.75) is 38.1 Å². The minimum atomic E-state index is -3.76. The number of sulfonamides is 1. The number of rotatable bonds is 7. The van der Waals surface area contributed by atoms with E-state index in [9.17, 15) is 13.2 Å². The molecule has 2 rings (SSSR count). The summed E-state index contributed by atoms with van der Waals surface area (Å²) in [6.45, 7) is 5.76. The first-order valence-electron chi connectivity index (χ1n) is 8.73. The molecule has 1 atom stereocenters. The molecule has 5 nitrogen and oxygen atoms in total. The zero-order valence-electron chi connectivity index (χ0n) is 16.0. The predicted molar refractivity (Wildman–Crippen MR) is 108 cm³/mol. The molecule has 0 aliphatic carbocycles. The number of nitrogens with one attached hydrogen (secondary N) is 1. The second kappa shape index (κ2) is 8.87. The lowest BCUT2D eigenvalue weighted by Gasteiger charge is -2.22. The van der Waals surface area contributed by atoms with E-state index in [0.717, 1.165) is 21.0 Å². The number of aryl methyl sites for hydroxylation is 2. The van der Waals surface area contributed by atoms with E-state index in [4.69, 9.17) is 11.6 Å². The van der Waals surface area contributed by atoms with E-state index < -0.39 is 10.0 Å². The number of carbonyl (C=O) groups excluding carboxylic acids is 1. The Morgan fingerprint density at radius 2 is 1.78 bits per heavy atom. The molecule has 0 aliphatic heterocycles. The van der Waals surface area contributed by atoms with Crippen molar-refractivity contribution in [3.05, 3.63) is 64.2 Å². The van der Waals surface area contributed by atoms with Crippen LogP contribution < -0.4 is 5.32 Å². The summed E-state index contributed by atoms with van der Waals surface area (Å²) >= 11 is 5.81. The van der Waals surface area contributed by atoms with Crippen LogP contribution in [-0.4, -0.2) is 32.2 Å². The lowest BCUT2D eigenvalue weighted by molar-refractivity contribution is -0.121. The van der Waals surface area contributed by atoms with Crippen molar-refractivity contribution < 1.29 is 13.2 Å². The molecule has 0 bridgehead atoms. The van der Waals surface area contributed by atoms with Crippen LogP contribution in [0.1, 0.15) is 36.1 Å². The summed E-state index contributed by atoms with van der Waals surface area (Å²) in [5.74, 6) is -0.345. The van der Waals surface area contributed by atoms with Gasteiger partial charge in [-0.2, -0.15) is 4.31 Å². The Morgan fingerprint density at radius 3 is 2.33 bits per heavy atom. The minimum Gasteiger partial charge on any atom is -0.348 e. The minimum absolute atomic E-state index is 0.101. The Hall–Kier alpha value is -1.89. The highest BCUT2D eigenvalue weighted by molar-refractivity contribution is 7.89. The number of benzene rings is 2. The molecule has 0 unspecified atom stereocenters. The van der Waals surface area contributed by atoms with Gasteiger partial charge in [-0.05, 0) is 55.7 Å². The molecule has 1 N–H and O–H groups in total. The van der Waals surface area contributed by atoms with Crippen LogP contribution in [0.3, 0.4) is 0 Å². The summed E-state index contributed by atoms with van der Waals surface area (Å²) in [5.41, 5.74) is 3.30. The number of likely N-dealkylation sites (N-methyl/N-ethyl adjacent to an activating group) is 1. The van der Waals surface area contributed by atoms with E-state index in [1.807, 2.05) is 32.9 Å². The predicted octanol–water partition coefficient (Wildman–Crippen LogP) is 3.84. The molecule has 0 radical (unpaired) electrons. The van der Waals surface area contributed by atoms with Crippen LogP contribution in [0.2, 0.25) is 5.02 Å². The van der Waals surface area contributed by atoms with Gasteiger partial charge in [0.2, 0.25) is 15.9 Å². The van der Waals surface area contributed by atoms with E-state index in [1.165, 1.54) is 31.3 Å². The van der Waals surface area contributed by atoms with Gasteiger partial charge in [-0.25, -0.2) is 8.42 Å². The van der Waals surface area contributed by atoms with Crippen LogP contribution in [0.25, 0.3) is 0 Å². The molecule has 0 fully saturated rings. The quantitative estimate of drug-likeness (QED) is 0.756. The smallest absolute Gasteiger partial charge is 0.243 e. The maximum Gasteiger partial charge on any atom is 0.243 e. The van der Waals surface area contributed by atoms with Crippen molar-refractivity contribution in [3.8, 4) is 0 Å². The van der Waals surface area contributed by atoms with Gasteiger partial charge in [-0.3, -0.25) is 4.79 Å². The number of halogens is 1. The zero-order chi connectivity index (χ0) is 20.2. The molecule has 0 spiro atoms. The van der Waals surface area contributed by atoms with Gasteiger partial charge in [0.05, 0.1) is 17.5 Å². The Balaban J connectivity index is 2.10. The summed E-state index contributed by atoms with van der Waals surface area (Å²) < 4.78 is 26.2. The van der Waals surface area contributed by atoms with E-state index in [0.29, 0.717) is 11.4 Å². The van der Waals surface area contributed by atoms with Crippen molar-refractivity contribution in [2.24, 2.45) is 0 Å². The fraction of sp³-hybridized carbons (Fsp3) is 0.350. The van der Waals surface area contributed by atoms with E-state index in [2.05, 4.69) is 11.4 Å². The molecule has 146 valence electrons. The van der Waals surface area contributed by atoms with Gasteiger partial charge in [0.1, 0.15) is 0 Å². The van der Waals surface area contributed by atoms with Crippen molar-refractivity contribution >= 4 is 27.5 Å². The average Bonchev–Trinajstić information content (AvgIpc) is 2.60. The highest BCUT2D eigenvalue weighted by Gasteiger charge is 2.24. The molecule has 0 aromatic heterocycles. The van der Waals surface area contributed by atoms with Crippen molar-refractivity contribution in [3.63, 3.8) is 0 Å². The second-order valence-electron chi connectivity index (χ2n) is 6.60. The van der Waals surface area contributed by atoms with Gasteiger partial charge in [0.25, 0.3) is 0 Å². The molecule has 2 aromatic carbocycles. The zero-order valence-corrected chi connectivity index (χ0v) is 17.6. The third-order valence-electron chi connectivity index (χ3n) is 4.43. The molecule has 7 heteroatoms. The van der Waals surface area contributed by atoms with Crippen LogP contribution >= 0.6 is 11.6 Å². The monoisotopic (exact) mass is 408 g/mol. The van der Waals surface area contributed by atoms with Crippen molar-refractivity contribution in [1.29, 1.82) is 0 Å². The Bertz CT molecular complexity index is 911. The van der Waals surface area contributed by atoms with Crippen LogP contribution in [0, 0.1) is 13.8 Å². The van der Waals surface area contributed by atoms with Crippen molar-refractivity contribution in [1.82, 2.24) is 9.62 Å². The molecule has 0 aliphatic rings. The van der Waals surface area contributed by atoms with E-state index in [1.54, 1.807) is 0 Å². The number of carbonyl (C=O) groups is 1. The number of hydrogen-bond donors (Lipinski definition) is 1. The topological polar surface area (TPSA) is 66.5 Å². The molecule has 0 saturated carbocycles. The second-order valence-corrected chi connectivity index (χ2v) is 9.08. The SMILES string of the molecule is CC[C@H](NC(=O)CN(C)S(=O)(=O)c1ccc(Cl)cc1)c1ccc(C)cc1C. The highest BCUT2D eigenvalue weighted by atomic mass is 35.5. The highest BCUT2D eigenvalue weighted by Crippen LogP contribution is 2.22. The van der Waals surface area contributed by atoms with Gasteiger partial charge in [-0.15, -0.1) is 0 Å². The third-order valence-corrected chi connectivity index (χ3v) is 6.50. The summed E-state index contributed by atoms with van der Waals surface area (Å²) in [6.07, 6.45) is 0.712. The first-order chi connectivity index (χ1) is 12.6. The first-order valence-corrected chi connectivity index (χ1v) is 10.6. The third kappa shape index (κ3) is 5.31. The molecular weight excluding hydrogens is 384 g/mol. The van der Waals surface area contributed by atoms with Gasteiger partial charge in [0, 0.05) is 12.1 Å². The molecular formula is C20H25ClN2O3S. The normalized spacial score (nSPS) is 12.8. The summed E-state index contributed by atoms with van der Waals surface area (Å²) in [7, 11) is -2.37. The molecule has 27 heavy (non-hydrogen) atoms. The van der Waals surface area contributed by atoms with E-state index >= 15 is 0 Å². The maximum atomic E-state index is 12.6. The van der Waals surface area contributed by atoms with E-state index in [-0.39, 0.29) is 23.4 Å². The van der Waals surface area contributed by atoms with Crippen LogP contribution in [0.15, 0.2) is 47.4 Å². The fourth-order valence-corrected chi connectivity index (χ4v) is 4.18. The largest absolute Gasteiger partial charge is 0.348 e. The van der Waals surface area contributed by atoms with Crippen molar-refractivity contribution in [2.75, 3.05) is 13.6 Å². The fourth-order valence-electron chi connectivity index (χ4n) is 2.93. The lowest BCUT2D eigenvalue weighted by Crippen LogP contribution is -2.39. The molecule has 1 amide bonds. The number of hydrogen-bond acceptors (Lipinski definition) is 3. The Kier molecular flexibility index (Phi) is 7.03. The van der Waals surface area contributed by atoms with Gasteiger partial charge in [-0.1, -0.05) is 42.3 Å². The lowest BCUT2D eigenvalue weighted by atomic mass is 9.97. The van der Waals surface area contributed by atoms with Crippen LogP contribution in [0.5, 0.6) is 0 Å². The average molecular weight is 409 g/mol. The number of amides is 1. The summed E-state index contributed by atoms with van der Waals surface area (Å²) in [4.78, 5) is 12.6. The molecule has 2 aromatic rings. The first kappa shape index (κ1) is 21.4. The standard InChI is InChI=1S/C20H25ClN2O3S/c1-5-19(18-11-6-14(2)12-15(18)3)22-20(24)13-23(4)27(25,26)17-9-7-16(21)8-10-17/h6-12,19H,5,13H2,1-4H3,(H,22,24)/t19-/m0/s1. The molecule has 0 saturated heterocycles. The maximum absolute atomic E-state index is 12.6.